The summed E-state index contributed by atoms with van der Waals surface area (Å²) in [6, 6.07) is 15.6. The average Bonchev–Trinajstić information content (AvgIpc) is 3.22. The van der Waals surface area contributed by atoms with E-state index in [1.807, 2.05) is 48.5 Å². The minimum absolute atomic E-state index is 0.0367. The topological polar surface area (TPSA) is 105 Å². The first kappa shape index (κ1) is 23.7. The van der Waals surface area contributed by atoms with Gasteiger partial charge >= 0.3 is 12.1 Å². The van der Waals surface area contributed by atoms with Crippen LogP contribution in [0.4, 0.5) is 13.6 Å². The van der Waals surface area contributed by atoms with Crippen LogP contribution in [0.2, 0.25) is 0 Å². The van der Waals surface area contributed by atoms with E-state index in [0.717, 1.165) is 22.3 Å². The number of carbonyl (C=O) groups is 3. The van der Waals surface area contributed by atoms with E-state index in [-0.39, 0.29) is 18.9 Å². The van der Waals surface area contributed by atoms with Gasteiger partial charge in [0.05, 0.1) is 5.92 Å². The van der Waals surface area contributed by atoms with Gasteiger partial charge in [-0.1, -0.05) is 55.5 Å². The second-order valence-corrected chi connectivity index (χ2v) is 8.95. The van der Waals surface area contributed by atoms with Gasteiger partial charge in [0.2, 0.25) is 5.91 Å². The summed E-state index contributed by atoms with van der Waals surface area (Å²) >= 11 is 0. The van der Waals surface area contributed by atoms with Gasteiger partial charge in [0.1, 0.15) is 18.1 Å². The summed E-state index contributed by atoms with van der Waals surface area (Å²) in [5, 5.41) is 13.8. The lowest BCUT2D eigenvalue weighted by molar-refractivity contribution is -0.147. The van der Waals surface area contributed by atoms with Gasteiger partial charge in [0, 0.05) is 12.5 Å². The Hall–Kier alpha value is -3.49. The fraction of sp³-hybridized carbons (Fsp3) is 0.400. The van der Waals surface area contributed by atoms with Crippen LogP contribution in [0.15, 0.2) is 48.5 Å². The first-order chi connectivity index (χ1) is 16.1. The monoisotopic (exact) mass is 472 g/mol. The first-order valence-electron chi connectivity index (χ1n) is 11.1. The van der Waals surface area contributed by atoms with E-state index < -0.39 is 47.8 Å². The zero-order valence-electron chi connectivity index (χ0n) is 18.8. The molecule has 0 spiro atoms. The number of ether oxygens (including phenoxy) is 1. The number of fused-ring (bicyclic) bond motifs is 3. The predicted octanol–water partition coefficient (Wildman–Crippen LogP) is 3.78. The summed E-state index contributed by atoms with van der Waals surface area (Å²) in [6.07, 6.45) is -0.817. The summed E-state index contributed by atoms with van der Waals surface area (Å²) in [7, 11) is 0. The van der Waals surface area contributed by atoms with Gasteiger partial charge in [0.15, 0.2) is 0 Å². The fourth-order valence-electron chi connectivity index (χ4n) is 4.49. The lowest BCUT2D eigenvalue weighted by Gasteiger charge is -2.24. The largest absolute Gasteiger partial charge is 0.480 e. The maximum absolute atomic E-state index is 14.2. The Labute approximate surface area is 195 Å². The lowest BCUT2D eigenvalue weighted by Crippen LogP contribution is -2.52. The molecule has 0 saturated heterocycles. The number of carboxylic acids is 1. The number of carboxylic acid groups (broad SMARTS) is 1. The SMILES string of the molecule is CCC(C)(NC(=O)[C@@H]1[C@H](CNC(=O)OCC2c3ccccc3-c3ccccc32)C1(F)F)C(=O)O. The molecule has 2 aromatic carbocycles. The van der Waals surface area contributed by atoms with Gasteiger partial charge in [-0.3, -0.25) is 4.79 Å². The van der Waals surface area contributed by atoms with E-state index in [4.69, 9.17) is 4.74 Å². The van der Waals surface area contributed by atoms with Crippen molar-refractivity contribution in [3.63, 3.8) is 0 Å². The summed E-state index contributed by atoms with van der Waals surface area (Å²) < 4.78 is 33.7. The van der Waals surface area contributed by atoms with E-state index in [1.165, 1.54) is 13.8 Å². The van der Waals surface area contributed by atoms with Crippen LogP contribution in [0.3, 0.4) is 0 Å². The third kappa shape index (κ3) is 4.10. The maximum atomic E-state index is 14.2. The zero-order chi connectivity index (χ0) is 24.7. The highest BCUT2D eigenvalue weighted by Gasteiger charge is 2.72. The van der Waals surface area contributed by atoms with Crippen molar-refractivity contribution < 1.29 is 33.0 Å². The van der Waals surface area contributed by atoms with E-state index in [9.17, 15) is 28.3 Å². The van der Waals surface area contributed by atoms with Crippen LogP contribution < -0.4 is 10.6 Å². The second-order valence-electron chi connectivity index (χ2n) is 8.95. The third-order valence-corrected chi connectivity index (χ3v) is 6.87. The van der Waals surface area contributed by atoms with Crippen LogP contribution in [0.1, 0.15) is 37.3 Å². The van der Waals surface area contributed by atoms with E-state index in [1.54, 1.807) is 0 Å². The molecule has 1 saturated carbocycles. The molecule has 2 aliphatic carbocycles. The number of benzene rings is 2. The minimum Gasteiger partial charge on any atom is -0.480 e. The molecule has 2 aromatic rings. The smallest absolute Gasteiger partial charge is 0.407 e. The number of alkyl carbamates (subject to hydrolysis) is 1. The second kappa shape index (κ2) is 8.70. The minimum atomic E-state index is -3.34. The quantitative estimate of drug-likeness (QED) is 0.543. The molecule has 0 heterocycles. The third-order valence-electron chi connectivity index (χ3n) is 6.87. The Morgan fingerprint density at radius 1 is 1.06 bits per heavy atom. The number of rotatable bonds is 8. The molecule has 0 bridgehead atoms. The van der Waals surface area contributed by atoms with Gasteiger partial charge in [-0.05, 0) is 35.6 Å². The Bertz CT molecular complexity index is 1090. The van der Waals surface area contributed by atoms with Crippen molar-refractivity contribution in [3.8, 4) is 11.1 Å². The molecule has 7 nitrogen and oxygen atoms in total. The molecule has 1 unspecified atom stereocenters. The van der Waals surface area contributed by atoms with E-state index in [2.05, 4.69) is 10.6 Å². The molecule has 9 heteroatoms. The first-order valence-corrected chi connectivity index (χ1v) is 11.1. The number of hydrogen-bond acceptors (Lipinski definition) is 4. The Balaban J connectivity index is 1.33. The highest BCUT2D eigenvalue weighted by molar-refractivity contribution is 5.90. The van der Waals surface area contributed by atoms with Crippen LogP contribution in [-0.2, 0) is 14.3 Å². The van der Waals surface area contributed by atoms with Crippen molar-refractivity contribution in [1.29, 1.82) is 0 Å². The number of halogens is 2. The molecule has 1 fully saturated rings. The molecule has 4 rings (SSSR count). The van der Waals surface area contributed by atoms with Gasteiger partial charge in [-0.25, -0.2) is 18.4 Å². The molecular weight excluding hydrogens is 446 g/mol. The highest BCUT2D eigenvalue weighted by Crippen LogP contribution is 2.55. The van der Waals surface area contributed by atoms with Gasteiger partial charge in [-0.2, -0.15) is 0 Å². The molecule has 3 atom stereocenters. The number of nitrogens with one attached hydrogen (secondary N) is 2. The van der Waals surface area contributed by atoms with Crippen LogP contribution >= 0.6 is 0 Å². The summed E-state index contributed by atoms with van der Waals surface area (Å²) in [6.45, 7) is 2.38. The van der Waals surface area contributed by atoms with Crippen molar-refractivity contribution in [2.75, 3.05) is 13.2 Å². The summed E-state index contributed by atoms with van der Waals surface area (Å²) in [4.78, 5) is 35.9. The van der Waals surface area contributed by atoms with Crippen LogP contribution in [0.5, 0.6) is 0 Å². The molecule has 0 radical (unpaired) electrons. The molecule has 2 aliphatic rings. The Morgan fingerprint density at radius 3 is 2.15 bits per heavy atom. The Morgan fingerprint density at radius 2 is 1.62 bits per heavy atom. The maximum Gasteiger partial charge on any atom is 0.407 e. The molecule has 180 valence electrons. The van der Waals surface area contributed by atoms with Gasteiger partial charge < -0.3 is 20.5 Å². The number of amides is 2. The normalized spacial score (nSPS) is 21.5. The van der Waals surface area contributed by atoms with Gasteiger partial charge in [0.25, 0.3) is 5.92 Å². The van der Waals surface area contributed by atoms with E-state index >= 15 is 0 Å². The van der Waals surface area contributed by atoms with E-state index in [0.29, 0.717) is 0 Å². The highest BCUT2D eigenvalue weighted by atomic mass is 19.3. The van der Waals surface area contributed by atoms with Crippen molar-refractivity contribution >= 4 is 18.0 Å². The van der Waals surface area contributed by atoms with Crippen molar-refractivity contribution in [1.82, 2.24) is 10.6 Å². The molecule has 0 aliphatic heterocycles. The standard InChI is InChI=1S/C25H26F2N2O5/c1-3-24(2,22(31)32)29-21(30)20-19(25(20,26)27)12-28-23(33)34-13-18-16-10-6-4-8-14(16)15-9-5-7-11-17(15)18/h4-11,18-20H,3,12-13H2,1-2H3,(H,28,33)(H,29,30)(H,31,32)/t19-,20-,24?/m0/s1. The van der Waals surface area contributed by atoms with Crippen LogP contribution in [0.25, 0.3) is 11.1 Å². The number of aliphatic carboxylic acids is 1. The average molecular weight is 472 g/mol. The molecule has 2 amide bonds. The molecular formula is C25H26F2N2O5. The van der Waals surface area contributed by atoms with Gasteiger partial charge in [-0.15, -0.1) is 0 Å². The summed E-state index contributed by atoms with van der Waals surface area (Å²) in [5.74, 6) is -8.98. The fourth-order valence-corrected chi connectivity index (χ4v) is 4.49. The molecule has 34 heavy (non-hydrogen) atoms. The predicted molar refractivity (Wildman–Crippen MR) is 119 cm³/mol. The number of alkyl halides is 2. The van der Waals surface area contributed by atoms with Crippen LogP contribution in [0, 0.1) is 11.8 Å². The molecule has 3 N–H and O–H groups in total. The van der Waals surface area contributed by atoms with Crippen molar-refractivity contribution in [2.24, 2.45) is 11.8 Å². The lowest BCUT2D eigenvalue weighted by atomic mass is 9.98. The molecule has 0 aromatic heterocycles. The Kier molecular flexibility index (Phi) is 6.05. The number of carbonyl (C=O) groups excluding carboxylic acids is 2. The zero-order valence-corrected chi connectivity index (χ0v) is 18.8. The van der Waals surface area contributed by atoms with Crippen molar-refractivity contribution in [3.05, 3.63) is 59.7 Å². The van der Waals surface area contributed by atoms with Crippen LogP contribution in [-0.4, -0.2) is 47.7 Å². The summed E-state index contributed by atoms with van der Waals surface area (Å²) in [5.41, 5.74) is 2.55. The number of hydrogen-bond donors (Lipinski definition) is 3. The van der Waals surface area contributed by atoms with Crippen molar-refractivity contribution in [2.45, 2.75) is 37.6 Å².